The fraction of sp³-hybridized carbons (Fsp3) is 0.667. The Bertz CT molecular complexity index is 364. The Morgan fingerprint density at radius 1 is 1.33 bits per heavy atom. The van der Waals surface area contributed by atoms with E-state index >= 15 is 0 Å². The molecule has 1 fully saturated rings. The van der Waals surface area contributed by atoms with Crippen molar-refractivity contribution in [3.63, 3.8) is 0 Å². The van der Waals surface area contributed by atoms with Crippen LogP contribution in [0.5, 0.6) is 0 Å². The molecule has 3 heteroatoms. The number of rotatable bonds is 4. The molecule has 1 aromatic heterocycles. The molecule has 1 aromatic rings. The Labute approximate surface area is 111 Å². The zero-order chi connectivity index (χ0) is 13.1. The predicted molar refractivity (Wildman–Crippen MR) is 76.9 cm³/mol. The lowest BCUT2D eigenvalue weighted by molar-refractivity contribution is 0.494. The van der Waals surface area contributed by atoms with Crippen molar-refractivity contribution in [2.45, 2.75) is 33.7 Å². The van der Waals surface area contributed by atoms with E-state index in [1.54, 1.807) is 0 Å². The Balaban J connectivity index is 2.04. The average Bonchev–Trinajstić information content (AvgIpc) is 2.70. The molecule has 1 aliphatic rings. The van der Waals surface area contributed by atoms with Crippen LogP contribution >= 0.6 is 0 Å². The summed E-state index contributed by atoms with van der Waals surface area (Å²) in [4.78, 5) is 7.04. The van der Waals surface area contributed by atoms with Gasteiger partial charge in [0.15, 0.2) is 0 Å². The van der Waals surface area contributed by atoms with Gasteiger partial charge in [0, 0.05) is 19.1 Å². The van der Waals surface area contributed by atoms with Gasteiger partial charge in [-0.25, -0.2) is 0 Å². The first-order valence-corrected chi connectivity index (χ1v) is 7.06. The summed E-state index contributed by atoms with van der Waals surface area (Å²) in [5.41, 5.74) is 2.39. The standard InChI is InChI=1S/C15H25N3/c1-5-16-13(4)15-7-6-14(8-17-15)18-9-11(2)12(3)10-18/h6-8,11-13,16H,5,9-10H2,1-4H3. The maximum atomic E-state index is 4.59. The van der Waals surface area contributed by atoms with E-state index in [4.69, 9.17) is 0 Å². The van der Waals surface area contributed by atoms with E-state index < -0.39 is 0 Å². The van der Waals surface area contributed by atoms with E-state index in [1.165, 1.54) is 5.69 Å². The number of nitrogens with zero attached hydrogens (tertiary/aromatic N) is 2. The quantitative estimate of drug-likeness (QED) is 0.887. The van der Waals surface area contributed by atoms with Gasteiger partial charge in [0.25, 0.3) is 0 Å². The molecular formula is C15H25N3. The molecule has 0 bridgehead atoms. The fourth-order valence-corrected chi connectivity index (χ4v) is 2.59. The molecule has 18 heavy (non-hydrogen) atoms. The van der Waals surface area contributed by atoms with Crippen molar-refractivity contribution < 1.29 is 0 Å². The Morgan fingerprint density at radius 3 is 2.50 bits per heavy atom. The summed E-state index contributed by atoms with van der Waals surface area (Å²) in [6, 6.07) is 4.69. The number of anilines is 1. The highest BCUT2D eigenvalue weighted by Crippen LogP contribution is 2.27. The molecule has 0 spiro atoms. The molecule has 2 rings (SSSR count). The SMILES string of the molecule is CCNC(C)c1ccc(N2CC(C)C(C)C2)cn1. The van der Waals surface area contributed by atoms with E-state index in [0.29, 0.717) is 6.04 Å². The summed E-state index contributed by atoms with van der Waals surface area (Å²) in [7, 11) is 0. The molecule has 2 heterocycles. The van der Waals surface area contributed by atoms with Crippen LogP contribution in [-0.4, -0.2) is 24.6 Å². The third-order valence-corrected chi connectivity index (χ3v) is 4.08. The van der Waals surface area contributed by atoms with Crippen molar-refractivity contribution in [2.24, 2.45) is 11.8 Å². The van der Waals surface area contributed by atoms with Crippen molar-refractivity contribution in [3.05, 3.63) is 24.0 Å². The minimum absolute atomic E-state index is 0.334. The maximum Gasteiger partial charge on any atom is 0.0572 e. The highest BCUT2D eigenvalue weighted by Gasteiger charge is 2.26. The van der Waals surface area contributed by atoms with E-state index in [9.17, 15) is 0 Å². The average molecular weight is 247 g/mol. The Kier molecular flexibility index (Phi) is 4.23. The van der Waals surface area contributed by atoms with Crippen LogP contribution in [0.3, 0.4) is 0 Å². The summed E-state index contributed by atoms with van der Waals surface area (Å²) in [5.74, 6) is 1.57. The zero-order valence-corrected chi connectivity index (χ0v) is 12.0. The predicted octanol–water partition coefficient (Wildman–Crippen LogP) is 2.84. The summed E-state index contributed by atoms with van der Waals surface area (Å²) in [6.07, 6.45) is 2.02. The molecule has 3 nitrogen and oxygen atoms in total. The molecule has 3 unspecified atom stereocenters. The summed E-state index contributed by atoms with van der Waals surface area (Å²) < 4.78 is 0. The van der Waals surface area contributed by atoms with E-state index in [1.807, 2.05) is 6.20 Å². The topological polar surface area (TPSA) is 28.2 Å². The van der Waals surface area contributed by atoms with Crippen molar-refractivity contribution >= 4 is 5.69 Å². The maximum absolute atomic E-state index is 4.59. The lowest BCUT2D eigenvalue weighted by Gasteiger charge is -2.19. The van der Waals surface area contributed by atoms with Crippen LogP contribution in [0.4, 0.5) is 5.69 Å². The van der Waals surface area contributed by atoms with E-state index in [-0.39, 0.29) is 0 Å². The van der Waals surface area contributed by atoms with Gasteiger partial charge in [-0.15, -0.1) is 0 Å². The van der Waals surface area contributed by atoms with Gasteiger partial charge >= 0.3 is 0 Å². The van der Waals surface area contributed by atoms with Gasteiger partial charge in [-0.3, -0.25) is 4.98 Å². The van der Waals surface area contributed by atoms with Crippen LogP contribution in [0.1, 0.15) is 39.4 Å². The number of aromatic nitrogens is 1. The lowest BCUT2D eigenvalue weighted by atomic mass is 10.0. The second-order valence-corrected chi connectivity index (χ2v) is 5.58. The van der Waals surface area contributed by atoms with Crippen molar-refractivity contribution in [2.75, 3.05) is 24.5 Å². The van der Waals surface area contributed by atoms with Crippen LogP contribution in [-0.2, 0) is 0 Å². The Hall–Kier alpha value is -1.09. The van der Waals surface area contributed by atoms with Gasteiger partial charge in [0.2, 0.25) is 0 Å². The molecule has 0 amide bonds. The van der Waals surface area contributed by atoms with E-state index in [0.717, 1.165) is 37.2 Å². The van der Waals surface area contributed by atoms with E-state index in [2.05, 4.69) is 55.0 Å². The summed E-state index contributed by atoms with van der Waals surface area (Å²) in [5, 5.41) is 3.39. The minimum atomic E-state index is 0.334. The monoisotopic (exact) mass is 247 g/mol. The Morgan fingerprint density at radius 2 is 2.00 bits per heavy atom. The zero-order valence-electron chi connectivity index (χ0n) is 12.0. The van der Waals surface area contributed by atoms with Gasteiger partial charge in [-0.2, -0.15) is 0 Å². The lowest BCUT2D eigenvalue weighted by Crippen LogP contribution is -2.21. The van der Waals surface area contributed by atoms with Crippen molar-refractivity contribution in [1.82, 2.24) is 10.3 Å². The molecule has 1 saturated heterocycles. The molecule has 0 saturated carbocycles. The first-order chi connectivity index (χ1) is 8.61. The normalized spacial score (nSPS) is 25.4. The molecule has 0 aromatic carbocycles. The van der Waals surface area contributed by atoms with Crippen LogP contribution in [0.25, 0.3) is 0 Å². The molecule has 1 aliphatic heterocycles. The third kappa shape index (κ3) is 2.83. The number of nitrogens with one attached hydrogen (secondary N) is 1. The van der Waals surface area contributed by atoms with Crippen molar-refractivity contribution in [1.29, 1.82) is 0 Å². The highest BCUT2D eigenvalue weighted by molar-refractivity contribution is 5.46. The van der Waals surface area contributed by atoms with Gasteiger partial charge in [0.1, 0.15) is 0 Å². The molecule has 3 atom stereocenters. The molecule has 1 N–H and O–H groups in total. The minimum Gasteiger partial charge on any atom is -0.370 e. The van der Waals surface area contributed by atoms with Gasteiger partial charge in [-0.05, 0) is 37.4 Å². The molecule has 0 radical (unpaired) electrons. The van der Waals surface area contributed by atoms with Crippen LogP contribution in [0.2, 0.25) is 0 Å². The first-order valence-electron chi connectivity index (χ1n) is 7.06. The van der Waals surface area contributed by atoms with Crippen LogP contribution < -0.4 is 10.2 Å². The second kappa shape index (κ2) is 5.70. The van der Waals surface area contributed by atoms with Gasteiger partial charge in [-0.1, -0.05) is 20.8 Å². The van der Waals surface area contributed by atoms with Gasteiger partial charge < -0.3 is 10.2 Å². The largest absolute Gasteiger partial charge is 0.370 e. The number of hydrogen-bond donors (Lipinski definition) is 1. The molecule has 0 aliphatic carbocycles. The molecule has 100 valence electrons. The number of hydrogen-bond acceptors (Lipinski definition) is 3. The van der Waals surface area contributed by atoms with Gasteiger partial charge in [0.05, 0.1) is 17.6 Å². The second-order valence-electron chi connectivity index (χ2n) is 5.58. The number of pyridine rings is 1. The van der Waals surface area contributed by atoms with Crippen molar-refractivity contribution in [3.8, 4) is 0 Å². The molecular weight excluding hydrogens is 222 g/mol. The van der Waals surface area contributed by atoms with Crippen LogP contribution in [0, 0.1) is 11.8 Å². The third-order valence-electron chi connectivity index (χ3n) is 4.08. The first kappa shape index (κ1) is 13.3. The summed E-state index contributed by atoms with van der Waals surface area (Å²) >= 11 is 0. The summed E-state index contributed by atoms with van der Waals surface area (Å²) in [6.45, 7) is 12.2. The smallest absolute Gasteiger partial charge is 0.0572 e. The fourth-order valence-electron chi connectivity index (χ4n) is 2.59. The highest BCUT2D eigenvalue weighted by atomic mass is 15.2. The van der Waals surface area contributed by atoms with Crippen LogP contribution in [0.15, 0.2) is 18.3 Å².